The van der Waals surface area contributed by atoms with E-state index in [1.54, 1.807) is 0 Å². The molecule has 1 saturated heterocycles. The van der Waals surface area contributed by atoms with Gasteiger partial charge in [0.05, 0.1) is 0 Å². The lowest BCUT2D eigenvalue weighted by atomic mass is 10.1. The van der Waals surface area contributed by atoms with Crippen LogP contribution >= 0.6 is 15.9 Å². The molecule has 0 bridgehead atoms. The topological polar surface area (TPSA) is 3.24 Å². The highest BCUT2D eigenvalue weighted by atomic mass is 79.9. The first-order chi connectivity index (χ1) is 8.33. The van der Waals surface area contributed by atoms with Crippen molar-refractivity contribution < 1.29 is 0 Å². The maximum atomic E-state index is 3.50. The average Bonchev–Trinajstić information content (AvgIpc) is 3.11. The number of rotatable bonds is 3. The molecule has 1 heterocycles. The second-order valence-electron chi connectivity index (χ2n) is 5.52. The van der Waals surface area contributed by atoms with Crippen LogP contribution in [0, 0.1) is 5.92 Å². The highest BCUT2D eigenvalue weighted by molar-refractivity contribution is 9.10. The molecular weight excluding hydrogens is 274 g/mol. The monoisotopic (exact) mass is 293 g/mol. The van der Waals surface area contributed by atoms with E-state index in [0.29, 0.717) is 0 Å². The summed E-state index contributed by atoms with van der Waals surface area (Å²) in [5.74, 6) is 1.76. The fourth-order valence-corrected chi connectivity index (χ4v) is 3.31. The summed E-state index contributed by atoms with van der Waals surface area (Å²) in [6.07, 6.45) is 5.67. The summed E-state index contributed by atoms with van der Waals surface area (Å²) in [7, 11) is 0. The predicted octanol–water partition coefficient (Wildman–Crippen LogP) is 4.04. The van der Waals surface area contributed by atoms with Crippen molar-refractivity contribution in [2.24, 2.45) is 5.92 Å². The van der Waals surface area contributed by atoms with Gasteiger partial charge in [-0.15, -0.1) is 0 Å². The summed E-state index contributed by atoms with van der Waals surface area (Å²) in [5, 5.41) is 0. The van der Waals surface area contributed by atoms with E-state index in [1.807, 2.05) is 0 Å². The van der Waals surface area contributed by atoms with E-state index in [1.165, 1.54) is 55.4 Å². The number of piperidine rings is 1. The number of hydrogen-bond donors (Lipinski definition) is 0. The first-order valence-electron chi connectivity index (χ1n) is 6.81. The van der Waals surface area contributed by atoms with Crippen molar-refractivity contribution in [3.8, 4) is 0 Å². The molecule has 0 spiro atoms. The van der Waals surface area contributed by atoms with Crippen LogP contribution in [0.4, 0.5) is 0 Å². The summed E-state index contributed by atoms with van der Waals surface area (Å²) in [5.41, 5.74) is 1.54. The van der Waals surface area contributed by atoms with Gasteiger partial charge in [-0.25, -0.2) is 0 Å². The molecule has 2 atom stereocenters. The predicted molar refractivity (Wildman–Crippen MR) is 75.3 cm³/mol. The lowest BCUT2D eigenvalue weighted by Gasteiger charge is -2.26. The van der Waals surface area contributed by atoms with Gasteiger partial charge < -0.3 is 4.90 Å². The van der Waals surface area contributed by atoms with Crippen LogP contribution in [0.15, 0.2) is 28.7 Å². The van der Waals surface area contributed by atoms with Crippen molar-refractivity contribution in [2.45, 2.75) is 31.6 Å². The zero-order valence-corrected chi connectivity index (χ0v) is 11.8. The van der Waals surface area contributed by atoms with Crippen LogP contribution in [-0.4, -0.2) is 24.5 Å². The van der Waals surface area contributed by atoms with E-state index in [0.717, 1.165) is 11.8 Å². The van der Waals surface area contributed by atoms with Crippen molar-refractivity contribution in [1.29, 1.82) is 0 Å². The molecular formula is C15H20BrN. The van der Waals surface area contributed by atoms with Crippen molar-refractivity contribution in [3.05, 3.63) is 34.3 Å². The van der Waals surface area contributed by atoms with Crippen LogP contribution in [-0.2, 0) is 0 Å². The molecule has 0 amide bonds. The minimum Gasteiger partial charge on any atom is -0.303 e. The zero-order chi connectivity index (χ0) is 11.7. The van der Waals surface area contributed by atoms with Gasteiger partial charge in [0, 0.05) is 11.0 Å². The standard InChI is InChI=1S/C15H20BrN/c16-14-6-4-12(5-7-14)15-10-13(15)11-17-8-2-1-3-9-17/h4-7,13,15H,1-3,8-11H2/t13-,15-/m1/s1. The molecule has 2 heteroatoms. The van der Waals surface area contributed by atoms with Gasteiger partial charge in [-0.2, -0.15) is 0 Å². The van der Waals surface area contributed by atoms with E-state index in [9.17, 15) is 0 Å². The van der Waals surface area contributed by atoms with Gasteiger partial charge in [0.1, 0.15) is 0 Å². The maximum Gasteiger partial charge on any atom is 0.0175 e. The molecule has 0 N–H and O–H groups in total. The van der Waals surface area contributed by atoms with Gasteiger partial charge in [0.25, 0.3) is 0 Å². The van der Waals surface area contributed by atoms with E-state index in [4.69, 9.17) is 0 Å². The molecule has 1 aliphatic carbocycles. The molecule has 17 heavy (non-hydrogen) atoms. The second kappa shape index (κ2) is 5.11. The van der Waals surface area contributed by atoms with Gasteiger partial charge in [-0.3, -0.25) is 0 Å². The third-order valence-corrected chi connectivity index (χ3v) is 4.69. The van der Waals surface area contributed by atoms with Crippen LogP contribution < -0.4 is 0 Å². The van der Waals surface area contributed by atoms with Crippen molar-refractivity contribution in [2.75, 3.05) is 19.6 Å². The Bertz CT molecular complexity index is 367. The van der Waals surface area contributed by atoms with E-state index >= 15 is 0 Å². The molecule has 1 aromatic carbocycles. The highest BCUT2D eigenvalue weighted by Crippen LogP contribution is 2.48. The Kier molecular flexibility index (Phi) is 3.53. The van der Waals surface area contributed by atoms with Crippen LogP contribution in [0.1, 0.15) is 37.2 Å². The molecule has 1 aromatic rings. The highest BCUT2D eigenvalue weighted by Gasteiger charge is 2.39. The van der Waals surface area contributed by atoms with E-state index in [2.05, 4.69) is 45.1 Å². The largest absolute Gasteiger partial charge is 0.303 e. The third kappa shape index (κ3) is 2.92. The minimum atomic E-state index is 0.838. The van der Waals surface area contributed by atoms with Crippen LogP contribution in [0.2, 0.25) is 0 Å². The Balaban J connectivity index is 1.53. The lowest BCUT2D eigenvalue weighted by molar-refractivity contribution is 0.219. The zero-order valence-electron chi connectivity index (χ0n) is 10.2. The van der Waals surface area contributed by atoms with E-state index in [-0.39, 0.29) is 0 Å². The Morgan fingerprint density at radius 2 is 1.76 bits per heavy atom. The SMILES string of the molecule is Brc1ccc([C@H]2C[C@@H]2CN2CCCCC2)cc1. The normalized spacial score (nSPS) is 29.2. The minimum absolute atomic E-state index is 0.838. The van der Waals surface area contributed by atoms with E-state index < -0.39 is 0 Å². The average molecular weight is 294 g/mol. The Morgan fingerprint density at radius 3 is 2.47 bits per heavy atom. The fraction of sp³-hybridized carbons (Fsp3) is 0.600. The van der Waals surface area contributed by atoms with Crippen LogP contribution in [0.5, 0.6) is 0 Å². The third-order valence-electron chi connectivity index (χ3n) is 4.16. The van der Waals surface area contributed by atoms with Crippen molar-refractivity contribution >= 4 is 15.9 Å². The summed E-state index contributed by atoms with van der Waals surface area (Å²) < 4.78 is 1.19. The van der Waals surface area contributed by atoms with Gasteiger partial charge in [-0.1, -0.05) is 34.5 Å². The molecule has 0 aromatic heterocycles. The van der Waals surface area contributed by atoms with Gasteiger partial charge in [0.2, 0.25) is 0 Å². The molecule has 2 aliphatic rings. The van der Waals surface area contributed by atoms with Gasteiger partial charge in [-0.05, 0) is 61.9 Å². The summed E-state index contributed by atoms with van der Waals surface area (Å²) >= 11 is 3.50. The smallest absolute Gasteiger partial charge is 0.0175 e. The number of halogens is 1. The summed E-state index contributed by atoms with van der Waals surface area (Å²) in [4.78, 5) is 2.67. The Labute approximate surface area is 112 Å². The lowest BCUT2D eigenvalue weighted by Crippen LogP contribution is -2.31. The van der Waals surface area contributed by atoms with Crippen molar-refractivity contribution in [1.82, 2.24) is 4.90 Å². The second-order valence-corrected chi connectivity index (χ2v) is 6.43. The molecule has 0 radical (unpaired) electrons. The number of nitrogens with zero attached hydrogens (tertiary/aromatic N) is 1. The summed E-state index contributed by atoms with van der Waals surface area (Å²) in [6.45, 7) is 4.01. The molecule has 0 unspecified atom stereocenters. The first-order valence-corrected chi connectivity index (χ1v) is 7.60. The molecule has 92 valence electrons. The molecule has 2 fully saturated rings. The molecule has 1 nitrogen and oxygen atoms in total. The number of likely N-dealkylation sites (tertiary alicyclic amines) is 1. The molecule has 3 rings (SSSR count). The summed E-state index contributed by atoms with van der Waals surface area (Å²) in [6, 6.07) is 8.91. The quantitative estimate of drug-likeness (QED) is 0.813. The maximum absolute atomic E-state index is 3.50. The van der Waals surface area contributed by atoms with Crippen LogP contribution in [0.25, 0.3) is 0 Å². The first kappa shape index (κ1) is 11.7. The molecule has 1 aliphatic heterocycles. The number of benzene rings is 1. The Hall–Kier alpha value is -0.340. The van der Waals surface area contributed by atoms with Crippen LogP contribution in [0.3, 0.4) is 0 Å². The Morgan fingerprint density at radius 1 is 1.06 bits per heavy atom. The van der Waals surface area contributed by atoms with Gasteiger partial charge >= 0.3 is 0 Å². The molecule has 1 saturated carbocycles. The fourth-order valence-electron chi connectivity index (χ4n) is 3.04. The van der Waals surface area contributed by atoms with Crippen molar-refractivity contribution in [3.63, 3.8) is 0 Å². The number of hydrogen-bond acceptors (Lipinski definition) is 1. The van der Waals surface area contributed by atoms with Gasteiger partial charge in [0.15, 0.2) is 0 Å².